The van der Waals surface area contributed by atoms with Gasteiger partial charge in [0, 0.05) is 5.56 Å². The summed E-state index contributed by atoms with van der Waals surface area (Å²) in [5.41, 5.74) is 4.37. The van der Waals surface area contributed by atoms with E-state index in [9.17, 15) is 4.79 Å². The molecule has 0 aliphatic heterocycles. The Kier molecular flexibility index (Phi) is 5.36. The molecule has 2 aromatic carbocycles. The van der Waals surface area contributed by atoms with Gasteiger partial charge in [-0.3, -0.25) is 0 Å². The smallest absolute Gasteiger partial charge is 0.449 e. The van der Waals surface area contributed by atoms with Crippen LogP contribution in [-0.4, -0.2) is 11.3 Å². The molecule has 0 radical (unpaired) electrons. The molecule has 1 aliphatic carbocycles. The molecule has 1 N–H and O–H groups in total. The van der Waals surface area contributed by atoms with Crippen LogP contribution in [0.25, 0.3) is 11.1 Å². The standard InChI is InChI=1S/C23H28O3/c1-23(2,3)20-12-8-7-11-18(20)19-15-17(16-9-5-4-6-10-16)13-14-21(19)26-22(24)25/h7-8,11-16H,4-6,9-10H2,1-3H3,(H,24,25). The minimum atomic E-state index is -1.27. The maximum atomic E-state index is 11.2. The summed E-state index contributed by atoms with van der Waals surface area (Å²) in [5.74, 6) is 0.969. The Morgan fingerprint density at radius 3 is 2.35 bits per heavy atom. The van der Waals surface area contributed by atoms with Crippen molar-refractivity contribution in [2.75, 3.05) is 0 Å². The van der Waals surface area contributed by atoms with Crippen LogP contribution >= 0.6 is 0 Å². The summed E-state index contributed by atoms with van der Waals surface area (Å²) in [6.45, 7) is 6.53. The van der Waals surface area contributed by atoms with Crippen molar-refractivity contribution in [1.82, 2.24) is 0 Å². The van der Waals surface area contributed by atoms with Crippen LogP contribution < -0.4 is 4.74 Å². The molecule has 26 heavy (non-hydrogen) atoms. The van der Waals surface area contributed by atoms with Crippen LogP contribution in [-0.2, 0) is 5.41 Å². The second-order valence-corrected chi connectivity index (χ2v) is 8.25. The highest BCUT2D eigenvalue weighted by atomic mass is 16.7. The predicted octanol–water partition coefficient (Wildman–Crippen LogP) is 6.76. The number of hydrogen-bond donors (Lipinski definition) is 1. The molecule has 0 heterocycles. The average molecular weight is 352 g/mol. The highest BCUT2D eigenvalue weighted by Gasteiger charge is 2.23. The van der Waals surface area contributed by atoms with Gasteiger partial charge in [-0.15, -0.1) is 0 Å². The van der Waals surface area contributed by atoms with E-state index >= 15 is 0 Å². The predicted molar refractivity (Wildman–Crippen MR) is 105 cm³/mol. The maximum absolute atomic E-state index is 11.2. The molecule has 0 bridgehead atoms. The lowest BCUT2D eigenvalue weighted by Crippen LogP contribution is -2.13. The number of hydrogen-bond acceptors (Lipinski definition) is 2. The van der Waals surface area contributed by atoms with Crippen molar-refractivity contribution in [3.05, 3.63) is 53.6 Å². The molecule has 1 aliphatic rings. The highest BCUT2D eigenvalue weighted by molar-refractivity contribution is 5.77. The van der Waals surface area contributed by atoms with E-state index in [1.54, 1.807) is 0 Å². The van der Waals surface area contributed by atoms with Crippen LogP contribution in [0.2, 0.25) is 0 Å². The first-order valence-electron chi connectivity index (χ1n) is 9.51. The third-order valence-corrected chi connectivity index (χ3v) is 5.30. The van der Waals surface area contributed by atoms with Gasteiger partial charge in [0.05, 0.1) is 0 Å². The summed E-state index contributed by atoms with van der Waals surface area (Å²) in [6.07, 6.45) is 5.00. The van der Waals surface area contributed by atoms with E-state index in [-0.39, 0.29) is 5.41 Å². The zero-order valence-electron chi connectivity index (χ0n) is 15.9. The van der Waals surface area contributed by atoms with E-state index in [0.29, 0.717) is 11.7 Å². The van der Waals surface area contributed by atoms with Crippen LogP contribution in [0, 0.1) is 0 Å². The van der Waals surface area contributed by atoms with E-state index in [4.69, 9.17) is 9.84 Å². The third kappa shape index (κ3) is 4.09. The van der Waals surface area contributed by atoms with Gasteiger partial charge in [-0.05, 0) is 53.0 Å². The number of carbonyl (C=O) groups is 1. The minimum Gasteiger partial charge on any atom is -0.449 e. The molecule has 138 valence electrons. The first-order valence-corrected chi connectivity index (χ1v) is 9.51. The molecule has 3 nitrogen and oxygen atoms in total. The average Bonchev–Trinajstić information content (AvgIpc) is 2.61. The Labute approximate surface area is 156 Å². The number of carboxylic acid groups (broad SMARTS) is 1. The number of benzene rings is 2. The molecule has 0 spiro atoms. The molecule has 0 atom stereocenters. The van der Waals surface area contributed by atoms with Crippen molar-refractivity contribution in [2.45, 2.75) is 64.2 Å². The molecule has 3 rings (SSSR count). The van der Waals surface area contributed by atoms with Crippen LogP contribution in [0.4, 0.5) is 4.79 Å². The van der Waals surface area contributed by atoms with Crippen LogP contribution in [0.15, 0.2) is 42.5 Å². The minimum absolute atomic E-state index is 0.0437. The van der Waals surface area contributed by atoms with Crippen molar-refractivity contribution >= 4 is 6.16 Å². The van der Waals surface area contributed by atoms with Crippen molar-refractivity contribution in [3.63, 3.8) is 0 Å². The van der Waals surface area contributed by atoms with Gasteiger partial charge in [0.1, 0.15) is 5.75 Å². The zero-order chi connectivity index (χ0) is 18.7. The van der Waals surface area contributed by atoms with Gasteiger partial charge >= 0.3 is 6.16 Å². The maximum Gasteiger partial charge on any atom is 0.511 e. The lowest BCUT2D eigenvalue weighted by atomic mass is 9.80. The van der Waals surface area contributed by atoms with Crippen molar-refractivity contribution in [2.24, 2.45) is 0 Å². The Morgan fingerprint density at radius 2 is 1.69 bits per heavy atom. The molecule has 1 saturated carbocycles. The lowest BCUT2D eigenvalue weighted by Gasteiger charge is -2.26. The van der Waals surface area contributed by atoms with Crippen molar-refractivity contribution in [1.29, 1.82) is 0 Å². The fourth-order valence-electron chi connectivity index (χ4n) is 4.00. The molecule has 0 aromatic heterocycles. The number of ether oxygens (including phenoxy) is 1. The molecule has 0 unspecified atom stereocenters. The summed E-state index contributed by atoms with van der Waals surface area (Å²) in [4.78, 5) is 11.2. The summed E-state index contributed by atoms with van der Waals surface area (Å²) >= 11 is 0. The Balaban J connectivity index is 2.12. The molecule has 3 heteroatoms. The van der Waals surface area contributed by atoms with E-state index in [1.165, 1.54) is 43.2 Å². The van der Waals surface area contributed by atoms with Gasteiger partial charge in [-0.1, -0.05) is 70.4 Å². The fourth-order valence-corrected chi connectivity index (χ4v) is 4.00. The van der Waals surface area contributed by atoms with E-state index in [2.05, 4.69) is 39.0 Å². The summed E-state index contributed by atoms with van der Waals surface area (Å²) in [7, 11) is 0. The van der Waals surface area contributed by atoms with Gasteiger partial charge in [0.25, 0.3) is 0 Å². The van der Waals surface area contributed by atoms with E-state index in [0.717, 1.165) is 11.1 Å². The Hall–Kier alpha value is -2.29. The lowest BCUT2D eigenvalue weighted by molar-refractivity contribution is 0.144. The van der Waals surface area contributed by atoms with Crippen molar-refractivity contribution in [3.8, 4) is 16.9 Å². The summed E-state index contributed by atoms with van der Waals surface area (Å²) in [6, 6.07) is 14.2. The first kappa shape index (κ1) is 18.5. The fraction of sp³-hybridized carbons (Fsp3) is 0.435. The number of rotatable bonds is 3. The van der Waals surface area contributed by atoms with Crippen LogP contribution in [0.5, 0.6) is 5.75 Å². The normalized spacial score (nSPS) is 15.7. The SMILES string of the molecule is CC(C)(C)c1ccccc1-c1cc(C2CCCCC2)ccc1OC(=O)O. The van der Waals surface area contributed by atoms with Gasteiger partial charge in [0.2, 0.25) is 0 Å². The van der Waals surface area contributed by atoms with Gasteiger partial charge < -0.3 is 9.84 Å². The van der Waals surface area contributed by atoms with E-state index < -0.39 is 6.16 Å². The van der Waals surface area contributed by atoms with Gasteiger partial charge in [-0.2, -0.15) is 0 Å². The topological polar surface area (TPSA) is 46.5 Å². The summed E-state index contributed by atoms with van der Waals surface area (Å²) < 4.78 is 5.13. The molecule has 0 saturated heterocycles. The highest BCUT2D eigenvalue weighted by Crippen LogP contribution is 2.41. The van der Waals surface area contributed by atoms with E-state index in [1.807, 2.05) is 24.3 Å². The third-order valence-electron chi connectivity index (χ3n) is 5.30. The van der Waals surface area contributed by atoms with Gasteiger partial charge in [0.15, 0.2) is 0 Å². The quantitative estimate of drug-likeness (QED) is 0.490. The van der Waals surface area contributed by atoms with Crippen LogP contribution in [0.1, 0.15) is 69.9 Å². The largest absolute Gasteiger partial charge is 0.511 e. The Bertz CT molecular complexity index is 780. The van der Waals surface area contributed by atoms with Gasteiger partial charge in [-0.25, -0.2) is 4.79 Å². The molecular weight excluding hydrogens is 324 g/mol. The zero-order valence-corrected chi connectivity index (χ0v) is 15.9. The molecule has 0 amide bonds. The molecule has 2 aromatic rings. The first-order chi connectivity index (χ1) is 12.4. The van der Waals surface area contributed by atoms with Crippen LogP contribution in [0.3, 0.4) is 0 Å². The monoisotopic (exact) mass is 352 g/mol. The second kappa shape index (κ2) is 7.53. The molecular formula is C23H28O3. The molecule has 1 fully saturated rings. The Morgan fingerprint density at radius 1 is 1.00 bits per heavy atom. The van der Waals surface area contributed by atoms with Crippen molar-refractivity contribution < 1.29 is 14.6 Å². The second-order valence-electron chi connectivity index (χ2n) is 8.25. The summed E-state index contributed by atoms with van der Waals surface area (Å²) in [5, 5.41) is 9.16.